The summed E-state index contributed by atoms with van der Waals surface area (Å²) in [4.78, 5) is 9.22. The van der Waals surface area contributed by atoms with Gasteiger partial charge < -0.3 is 24.3 Å². The standard InChI is InChI=1S/C17H24N4.C6H3F2.C2H6.Nd.H2O.H2S/c1-4-5-6-8-13-15-11-19-16(12(2)3)21(15)17-14(20-13)9-7-10-18-17;7-5-2-1-3-6(8)4-5;1-2;;;/h7,9-13,20H,4-6,8H2,1-3H3;1-2,4H;1-2H3;;2*1H2/q;-1;;;;/p-1/t13-;;;;;/m1...../s1. The predicted octanol–water partition coefficient (Wildman–Crippen LogP) is 6.13. The van der Waals surface area contributed by atoms with E-state index in [1.165, 1.54) is 31.0 Å². The molecule has 0 spiro atoms. The van der Waals surface area contributed by atoms with Crippen LogP contribution in [0.3, 0.4) is 0 Å². The first kappa shape index (κ1) is 35.1. The van der Waals surface area contributed by atoms with Crippen molar-refractivity contribution in [2.75, 3.05) is 5.32 Å². The minimum atomic E-state index is -0.662. The van der Waals surface area contributed by atoms with Crippen LogP contribution in [-0.4, -0.2) is 20.0 Å². The molecule has 0 amide bonds. The van der Waals surface area contributed by atoms with Crippen LogP contribution < -0.4 is 5.32 Å². The summed E-state index contributed by atoms with van der Waals surface area (Å²) in [6.45, 7) is 10.6. The van der Waals surface area contributed by atoms with Crippen LogP contribution >= 0.6 is 0 Å². The van der Waals surface area contributed by atoms with Gasteiger partial charge in [0.25, 0.3) is 0 Å². The molecule has 2 aromatic heterocycles. The van der Waals surface area contributed by atoms with Crippen molar-refractivity contribution in [2.45, 2.75) is 72.3 Å². The summed E-state index contributed by atoms with van der Waals surface area (Å²) in [7, 11) is 0. The Hall–Kier alpha value is -1.10. The molecule has 0 unspecified atom stereocenters. The van der Waals surface area contributed by atoms with Crippen LogP contribution in [-0.2, 0) is 13.5 Å². The topological polar surface area (TPSA) is 74.2 Å². The van der Waals surface area contributed by atoms with Crippen LogP contribution in [0.25, 0.3) is 5.82 Å². The molecule has 188 valence electrons. The van der Waals surface area contributed by atoms with Gasteiger partial charge in [-0.3, -0.25) is 4.57 Å². The molecule has 5 nitrogen and oxygen atoms in total. The number of unbranched alkanes of at least 4 members (excludes halogenated alkanes) is 2. The average molecular weight is 623 g/mol. The summed E-state index contributed by atoms with van der Waals surface area (Å²) >= 11 is 0. The molecule has 0 saturated heterocycles. The SMILES string of the molecule is CC.CCCCC[C@H]1Nc2cccnc2-n2c1cnc2C(C)C.Fc1[c-]ccc(F)c1.O.[Nd].[SH-]. The number of anilines is 1. The molecule has 34 heavy (non-hydrogen) atoms. The second-order valence-electron chi connectivity index (χ2n) is 7.45. The van der Waals surface area contributed by atoms with E-state index in [1.54, 1.807) is 0 Å². The predicted molar refractivity (Wildman–Crippen MR) is 135 cm³/mol. The Morgan fingerprint density at radius 2 is 1.85 bits per heavy atom. The largest absolute Gasteiger partial charge is 0.813 e. The van der Waals surface area contributed by atoms with Crippen molar-refractivity contribution in [1.82, 2.24) is 14.5 Å². The number of pyridine rings is 1. The van der Waals surface area contributed by atoms with Crippen LogP contribution in [0, 0.1) is 58.5 Å². The van der Waals surface area contributed by atoms with Gasteiger partial charge in [-0.05, 0) is 18.6 Å². The van der Waals surface area contributed by atoms with Crippen LogP contribution in [0.15, 0.2) is 42.7 Å². The first-order valence-corrected chi connectivity index (χ1v) is 11.1. The molecule has 3 aromatic rings. The molecular weight excluding hydrogens is 587 g/mol. The normalized spacial score (nSPS) is 12.5. The number of aromatic nitrogens is 3. The molecule has 0 bridgehead atoms. The third-order valence-electron chi connectivity index (χ3n) is 4.84. The minimum Gasteiger partial charge on any atom is -0.813 e. The molecule has 0 aliphatic carbocycles. The molecule has 3 heterocycles. The zero-order valence-electron chi connectivity index (χ0n) is 20.6. The van der Waals surface area contributed by atoms with E-state index in [0.717, 1.165) is 35.9 Å². The molecule has 3 N–H and O–H groups in total. The van der Waals surface area contributed by atoms with E-state index in [-0.39, 0.29) is 59.8 Å². The summed E-state index contributed by atoms with van der Waals surface area (Å²) in [6, 6.07) is 9.73. The maximum Gasteiger partial charge on any atom is 0.161 e. The fraction of sp³-hybridized carbons (Fsp3) is 0.440. The fourth-order valence-corrected chi connectivity index (χ4v) is 3.44. The monoisotopic (exact) mass is 620 g/mol. The molecule has 1 aromatic carbocycles. The Balaban J connectivity index is 0. The molecular formula is C25H36F2N4NdOS-2. The Labute approximate surface area is 242 Å². The zero-order chi connectivity index (χ0) is 22.8. The van der Waals surface area contributed by atoms with Gasteiger partial charge in [0.1, 0.15) is 5.82 Å². The fourth-order valence-electron chi connectivity index (χ4n) is 3.44. The number of hydrogen-bond donors (Lipinski definition) is 1. The van der Waals surface area contributed by atoms with Crippen LogP contribution in [0.4, 0.5) is 14.5 Å². The Bertz CT molecular complexity index is 939. The Morgan fingerprint density at radius 1 is 1.15 bits per heavy atom. The number of hydrogen-bond acceptors (Lipinski definition) is 4. The van der Waals surface area contributed by atoms with Crippen molar-refractivity contribution >= 4 is 19.2 Å². The quantitative estimate of drug-likeness (QED) is 0.161. The number of imidazole rings is 1. The number of nitrogens with one attached hydrogen (secondary N) is 1. The molecule has 4 rings (SSSR count). The van der Waals surface area contributed by atoms with Gasteiger partial charge in [-0.1, -0.05) is 53.9 Å². The van der Waals surface area contributed by atoms with Crippen LogP contribution in [0.1, 0.15) is 83.8 Å². The number of halogens is 2. The maximum atomic E-state index is 11.9. The first-order valence-electron chi connectivity index (χ1n) is 11.1. The molecule has 1 atom stereocenters. The van der Waals surface area contributed by atoms with Crippen molar-refractivity contribution in [3.05, 3.63) is 71.9 Å². The van der Waals surface area contributed by atoms with E-state index in [4.69, 9.17) is 0 Å². The van der Waals surface area contributed by atoms with Crippen molar-refractivity contribution < 1.29 is 55.1 Å². The van der Waals surface area contributed by atoms with E-state index in [0.29, 0.717) is 12.0 Å². The van der Waals surface area contributed by atoms with Crippen LogP contribution in [0.2, 0.25) is 0 Å². The first-order chi connectivity index (χ1) is 15.0. The number of nitrogens with zero attached hydrogens (tertiary/aromatic N) is 3. The summed E-state index contributed by atoms with van der Waals surface area (Å²) in [5.74, 6) is 1.25. The summed E-state index contributed by atoms with van der Waals surface area (Å²) in [6.07, 6.45) is 8.80. The number of thiol groups is 1. The number of rotatable bonds is 5. The smallest absolute Gasteiger partial charge is 0.161 e. The number of benzene rings is 1. The summed E-state index contributed by atoms with van der Waals surface area (Å²) in [5, 5.41) is 3.64. The van der Waals surface area contributed by atoms with Gasteiger partial charge in [-0.15, -0.1) is 18.2 Å². The van der Waals surface area contributed by atoms with Crippen molar-refractivity contribution in [3.63, 3.8) is 0 Å². The second kappa shape index (κ2) is 18.2. The molecule has 1 aliphatic rings. The zero-order valence-corrected chi connectivity index (χ0v) is 24.7. The van der Waals surface area contributed by atoms with Gasteiger partial charge in [0.05, 0.1) is 23.6 Å². The Morgan fingerprint density at radius 3 is 2.41 bits per heavy atom. The average Bonchev–Trinajstić information content (AvgIpc) is 3.22. The third kappa shape index (κ3) is 9.51. The van der Waals surface area contributed by atoms with Gasteiger partial charge in [0, 0.05) is 64.6 Å². The van der Waals surface area contributed by atoms with E-state index in [1.807, 2.05) is 32.3 Å². The maximum absolute atomic E-state index is 11.9. The van der Waals surface area contributed by atoms with Crippen molar-refractivity contribution in [3.8, 4) is 5.82 Å². The molecule has 9 heteroatoms. The molecule has 1 aliphatic heterocycles. The van der Waals surface area contributed by atoms with Gasteiger partial charge in [0.15, 0.2) is 5.82 Å². The van der Waals surface area contributed by atoms with Gasteiger partial charge in [-0.25, -0.2) is 18.7 Å². The summed E-state index contributed by atoms with van der Waals surface area (Å²) in [5.41, 5.74) is 2.37. The Kier molecular flexibility index (Phi) is 18.8. The molecule has 0 saturated carbocycles. The van der Waals surface area contributed by atoms with E-state index in [2.05, 4.69) is 52.8 Å². The van der Waals surface area contributed by atoms with E-state index < -0.39 is 11.6 Å². The van der Waals surface area contributed by atoms with Crippen LogP contribution in [0.5, 0.6) is 0 Å². The second-order valence-corrected chi connectivity index (χ2v) is 7.45. The third-order valence-corrected chi connectivity index (χ3v) is 4.84. The van der Waals surface area contributed by atoms with E-state index >= 15 is 0 Å². The van der Waals surface area contributed by atoms with Gasteiger partial charge in [-0.2, -0.15) is 6.07 Å². The van der Waals surface area contributed by atoms with Crippen molar-refractivity contribution in [1.29, 1.82) is 0 Å². The van der Waals surface area contributed by atoms with Crippen molar-refractivity contribution in [2.24, 2.45) is 0 Å². The van der Waals surface area contributed by atoms with E-state index in [9.17, 15) is 8.78 Å². The van der Waals surface area contributed by atoms with Gasteiger partial charge in [0.2, 0.25) is 0 Å². The molecule has 0 fully saturated rings. The number of fused-ring (bicyclic) bond motifs is 3. The van der Waals surface area contributed by atoms with Gasteiger partial charge >= 0.3 is 0 Å². The minimum absolute atomic E-state index is 0. The summed E-state index contributed by atoms with van der Waals surface area (Å²) < 4.78 is 26.0. The molecule has 0 radical (unpaired) electrons.